The quantitative estimate of drug-likeness (QED) is 0.830. The summed E-state index contributed by atoms with van der Waals surface area (Å²) in [7, 11) is -2.32. The Morgan fingerprint density at radius 2 is 2.00 bits per heavy atom. The van der Waals surface area contributed by atoms with Gasteiger partial charge in [-0.3, -0.25) is 0 Å². The van der Waals surface area contributed by atoms with Crippen LogP contribution in [0.15, 0.2) is 23.1 Å². The standard InChI is InChI=1S/C14H20N2O4S.ClH/c1-11-4-5-12(14(17)20-2)10-13(11)21(18,19)16-8-3-6-15-7-9-16;/h4-5,10,15H,3,6-9H2,1-2H3;1H. The number of hydrogen-bond donors (Lipinski definition) is 1. The molecule has 1 fully saturated rings. The molecule has 0 bridgehead atoms. The van der Waals surface area contributed by atoms with E-state index in [2.05, 4.69) is 10.1 Å². The predicted octanol–water partition coefficient (Wildman–Crippen LogP) is 1.19. The molecule has 1 aromatic rings. The highest BCUT2D eigenvalue weighted by Crippen LogP contribution is 2.22. The monoisotopic (exact) mass is 348 g/mol. The van der Waals surface area contributed by atoms with Gasteiger partial charge < -0.3 is 10.1 Å². The van der Waals surface area contributed by atoms with Crippen LogP contribution in [0.25, 0.3) is 0 Å². The number of nitrogens with zero attached hydrogens (tertiary/aromatic N) is 1. The zero-order valence-electron chi connectivity index (χ0n) is 12.7. The molecule has 1 saturated heterocycles. The summed E-state index contributed by atoms with van der Waals surface area (Å²) in [6.45, 7) is 4.09. The van der Waals surface area contributed by atoms with Gasteiger partial charge in [-0.2, -0.15) is 4.31 Å². The second-order valence-electron chi connectivity index (χ2n) is 4.98. The maximum absolute atomic E-state index is 12.8. The first kappa shape index (κ1) is 18.9. The molecule has 0 spiro atoms. The Kier molecular flexibility index (Phi) is 6.80. The molecule has 8 heteroatoms. The lowest BCUT2D eigenvalue weighted by atomic mass is 10.1. The number of carbonyl (C=O) groups is 1. The molecule has 1 N–H and O–H groups in total. The second-order valence-corrected chi connectivity index (χ2v) is 6.89. The highest BCUT2D eigenvalue weighted by atomic mass is 35.5. The summed E-state index contributed by atoms with van der Waals surface area (Å²) >= 11 is 0. The van der Waals surface area contributed by atoms with Crippen LogP contribution in [0.5, 0.6) is 0 Å². The number of carbonyl (C=O) groups excluding carboxylic acids is 1. The molecule has 0 aromatic heterocycles. The number of hydrogen-bond acceptors (Lipinski definition) is 5. The van der Waals surface area contributed by atoms with Crippen molar-refractivity contribution in [2.75, 3.05) is 33.3 Å². The molecule has 2 rings (SSSR count). The Labute approximate surface area is 137 Å². The first-order valence-electron chi connectivity index (χ1n) is 6.86. The number of aryl methyl sites for hydroxylation is 1. The van der Waals surface area contributed by atoms with Crippen molar-refractivity contribution >= 4 is 28.4 Å². The number of ether oxygens (including phenoxy) is 1. The lowest BCUT2D eigenvalue weighted by Crippen LogP contribution is -2.34. The summed E-state index contributed by atoms with van der Waals surface area (Å²) in [6, 6.07) is 4.61. The summed E-state index contributed by atoms with van der Waals surface area (Å²) in [5.74, 6) is -0.538. The van der Waals surface area contributed by atoms with E-state index < -0.39 is 16.0 Å². The average molecular weight is 349 g/mol. The Morgan fingerprint density at radius 1 is 1.27 bits per heavy atom. The topological polar surface area (TPSA) is 75.7 Å². The predicted molar refractivity (Wildman–Crippen MR) is 86.0 cm³/mol. The molecule has 0 atom stereocenters. The fourth-order valence-electron chi connectivity index (χ4n) is 2.32. The molecule has 1 aromatic carbocycles. The molecule has 0 amide bonds. The number of nitrogens with one attached hydrogen (secondary N) is 1. The lowest BCUT2D eigenvalue weighted by molar-refractivity contribution is 0.0600. The molecular weight excluding hydrogens is 328 g/mol. The van der Waals surface area contributed by atoms with E-state index in [4.69, 9.17) is 0 Å². The van der Waals surface area contributed by atoms with Gasteiger partial charge in [0.2, 0.25) is 10.0 Å². The third kappa shape index (κ3) is 3.98. The molecule has 0 radical (unpaired) electrons. The third-order valence-electron chi connectivity index (χ3n) is 3.53. The van der Waals surface area contributed by atoms with Crippen molar-refractivity contribution in [3.05, 3.63) is 29.3 Å². The van der Waals surface area contributed by atoms with Crippen LogP contribution in [-0.4, -0.2) is 52.0 Å². The molecule has 1 heterocycles. The minimum Gasteiger partial charge on any atom is -0.465 e. The molecule has 0 unspecified atom stereocenters. The highest BCUT2D eigenvalue weighted by Gasteiger charge is 2.27. The van der Waals surface area contributed by atoms with E-state index in [1.165, 1.54) is 17.5 Å². The van der Waals surface area contributed by atoms with E-state index in [0.717, 1.165) is 13.0 Å². The number of rotatable bonds is 3. The van der Waals surface area contributed by atoms with Crippen LogP contribution in [0.1, 0.15) is 22.3 Å². The molecule has 0 aliphatic carbocycles. The first-order valence-corrected chi connectivity index (χ1v) is 8.30. The number of halogens is 1. The van der Waals surface area contributed by atoms with Crippen molar-refractivity contribution in [2.24, 2.45) is 0 Å². The van der Waals surface area contributed by atoms with Gasteiger partial charge in [0, 0.05) is 19.6 Å². The van der Waals surface area contributed by atoms with Crippen molar-refractivity contribution in [1.82, 2.24) is 9.62 Å². The van der Waals surface area contributed by atoms with Gasteiger partial charge in [-0.15, -0.1) is 12.4 Å². The maximum atomic E-state index is 12.8. The summed E-state index contributed by atoms with van der Waals surface area (Å²) in [6.07, 6.45) is 0.773. The van der Waals surface area contributed by atoms with E-state index in [-0.39, 0.29) is 22.9 Å². The number of esters is 1. The van der Waals surface area contributed by atoms with Crippen molar-refractivity contribution in [3.63, 3.8) is 0 Å². The minimum absolute atomic E-state index is 0. The van der Waals surface area contributed by atoms with Crippen molar-refractivity contribution in [1.29, 1.82) is 0 Å². The Balaban J connectivity index is 0.00000242. The fraction of sp³-hybridized carbons (Fsp3) is 0.500. The molecule has 124 valence electrons. The maximum Gasteiger partial charge on any atom is 0.337 e. The van der Waals surface area contributed by atoms with Gasteiger partial charge in [-0.25, -0.2) is 13.2 Å². The normalized spacial score (nSPS) is 16.5. The second kappa shape index (κ2) is 7.92. The van der Waals surface area contributed by atoms with Gasteiger partial charge in [0.1, 0.15) is 0 Å². The van der Waals surface area contributed by atoms with Crippen molar-refractivity contribution in [3.8, 4) is 0 Å². The van der Waals surface area contributed by atoms with Crippen LogP contribution in [-0.2, 0) is 14.8 Å². The van der Waals surface area contributed by atoms with Crippen LogP contribution in [0.4, 0.5) is 0 Å². The first-order chi connectivity index (χ1) is 9.96. The molecule has 22 heavy (non-hydrogen) atoms. The minimum atomic E-state index is -3.59. The zero-order valence-corrected chi connectivity index (χ0v) is 14.3. The van der Waals surface area contributed by atoms with Gasteiger partial charge >= 0.3 is 5.97 Å². The number of benzene rings is 1. The van der Waals surface area contributed by atoms with E-state index in [1.54, 1.807) is 19.1 Å². The smallest absolute Gasteiger partial charge is 0.337 e. The van der Waals surface area contributed by atoms with E-state index >= 15 is 0 Å². The molecule has 1 aliphatic heterocycles. The van der Waals surface area contributed by atoms with Crippen LogP contribution in [0.3, 0.4) is 0 Å². The van der Waals surface area contributed by atoms with E-state index in [9.17, 15) is 13.2 Å². The summed E-state index contributed by atoms with van der Waals surface area (Å²) in [5.41, 5.74) is 0.870. The van der Waals surface area contributed by atoms with Gasteiger partial charge in [-0.05, 0) is 37.6 Å². The average Bonchev–Trinajstić information content (AvgIpc) is 2.76. The number of sulfonamides is 1. The lowest BCUT2D eigenvalue weighted by Gasteiger charge is -2.21. The summed E-state index contributed by atoms with van der Waals surface area (Å²) < 4.78 is 31.7. The van der Waals surface area contributed by atoms with Crippen molar-refractivity contribution in [2.45, 2.75) is 18.2 Å². The Hall–Kier alpha value is -1.15. The molecular formula is C14H21ClN2O4S. The summed E-state index contributed by atoms with van der Waals surface area (Å²) in [5, 5.41) is 3.17. The molecule has 6 nitrogen and oxygen atoms in total. The molecule has 1 aliphatic rings. The van der Waals surface area contributed by atoms with Crippen molar-refractivity contribution < 1.29 is 17.9 Å². The summed E-state index contributed by atoms with van der Waals surface area (Å²) in [4.78, 5) is 11.8. The SMILES string of the molecule is COC(=O)c1ccc(C)c(S(=O)(=O)N2CCCNCC2)c1.Cl. The van der Waals surface area contributed by atoms with Crippen LogP contribution in [0.2, 0.25) is 0 Å². The highest BCUT2D eigenvalue weighted by molar-refractivity contribution is 7.89. The van der Waals surface area contributed by atoms with Gasteiger partial charge in [0.05, 0.1) is 17.6 Å². The van der Waals surface area contributed by atoms with Gasteiger partial charge in [0.25, 0.3) is 0 Å². The van der Waals surface area contributed by atoms with Gasteiger partial charge in [-0.1, -0.05) is 6.07 Å². The van der Waals surface area contributed by atoms with E-state index in [1.807, 2.05) is 0 Å². The van der Waals surface area contributed by atoms with Crippen LogP contribution in [0, 0.1) is 6.92 Å². The third-order valence-corrected chi connectivity index (χ3v) is 5.57. The number of methoxy groups -OCH3 is 1. The van der Waals surface area contributed by atoms with Crippen LogP contribution < -0.4 is 5.32 Å². The zero-order chi connectivity index (χ0) is 15.5. The largest absolute Gasteiger partial charge is 0.465 e. The van der Waals surface area contributed by atoms with Gasteiger partial charge in [0.15, 0.2) is 0 Å². The van der Waals surface area contributed by atoms with E-state index in [0.29, 0.717) is 25.2 Å². The fourth-order valence-corrected chi connectivity index (χ4v) is 4.05. The Bertz CT molecular complexity index is 626. The molecule has 0 saturated carbocycles. The Morgan fingerprint density at radius 3 is 2.68 bits per heavy atom. The van der Waals surface area contributed by atoms with Crippen LogP contribution >= 0.6 is 12.4 Å².